The van der Waals surface area contributed by atoms with Crippen molar-refractivity contribution in [2.75, 3.05) is 20.2 Å². The number of hydrogen-bond donors (Lipinski definition) is 0. The molecule has 0 spiro atoms. The Balaban J connectivity index is 2.61. The van der Waals surface area contributed by atoms with Gasteiger partial charge in [0.15, 0.2) is 0 Å². The van der Waals surface area contributed by atoms with Crippen molar-refractivity contribution in [3.05, 3.63) is 23.7 Å². The second-order valence-electron chi connectivity index (χ2n) is 3.66. The van der Waals surface area contributed by atoms with Gasteiger partial charge in [0.1, 0.15) is 12.0 Å². The highest BCUT2D eigenvalue weighted by molar-refractivity contribution is 5.94. The summed E-state index contributed by atoms with van der Waals surface area (Å²) in [5.41, 5.74) is 0.509. The molecular formula is C12H17NO4. The number of hydrogen-bond acceptors (Lipinski definition) is 4. The van der Waals surface area contributed by atoms with Crippen LogP contribution in [0.25, 0.3) is 0 Å². The first-order valence-electron chi connectivity index (χ1n) is 5.49. The molecule has 1 amide bonds. The number of ether oxygens (including phenoxy) is 1. The lowest BCUT2D eigenvalue weighted by Gasteiger charge is -2.19. The third-order valence-electron chi connectivity index (χ3n) is 2.46. The molecule has 94 valence electrons. The first-order valence-corrected chi connectivity index (χ1v) is 5.49. The van der Waals surface area contributed by atoms with E-state index >= 15 is 0 Å². The van der Waals surface area contributed by atoms with Crippen molar-refractivity contribution < 1.29 is 18.7 Å². The molecule has 0 saturated heterocycles. The molecule has 0 fully saturated rings. The second-order valence-corrected chi connectivity index (χ2v) is 3.66. The highest BCUT2D eigenvalue weighted by Crippen LogP contribution is 2.10. The molecule has 1 aromatic heterocycles. The van der Waals surface area contributed by atoms with E-state index in [-0.39, 0.29) is 18.3 Å². The van der Waals surface area contributed by atoms with Crippen molar-refractivity contribution in [2.45, 2.75) is 20.3 Å². The standard InChI is InChI=1S/C12H17NO4/c1-4-13(6-5-11(14)16-3)12(15)10-7-9(2)17-8-10/h7-8H,4-6H2,1-3H3. The molecule has 1 rings (SSSR count). The fourth-order valence-electron chi connectivity index (χ4n) is 1.47. The van der Waals surface area contributed by atoms with E-state index in [1.165, 1.54) is 13.4 Å². The molecule has 1 heterocycles. The van der Waals surface area contributed by atoms with E-state index in [1.54, 1.807) is 17.9 Å². The Morgan fingerprint density at radius 3 is 2.65 bits per heavy atom. The Labute approximate surface area is 100 Å². The first kappa shape index (κ1) is 13.3. The van der Waals surface area contributed by atoms with Crippen LogP contribution in [0.15, 0.2) is 16.7 Å². The van der Waals surface area contributed by atoms with Crippen molar-refractivity contribution in [3.63, 3.8) is 0 Å². The minimum Gasteiger partial charge on any atom is -0.469 e. The Bertz CT molecular complexity index is 397. The molecular weight excluding hydrogens is 222 g/mol. The number of carbonyl (C=O) groups is 2. The van der Waals surface area contributed by atoms with Gasteiger partial charge in [-0.05, 0) is 19.9 Å². The number of carbonyl (C=O) groups excluding carboxylic acids is 2. The minimum atomic E-state index is -0.320. The molecule has 0 atom stereocenters. The van der Waals surface area contributed by atoms with Gasteiger partial charge in [0.25, 0.3) is 5.91 Å². The average molecular weight is 239 g/mol. The summed E-state index contributed by atoms with van der Waals surface area (Å²) >= 11 is 0. The van der Waals surface area contributed by atoms with E-state index < -0.39 is 0 Å². The highest BCUT2D eigenvalue weighted by Gasteiger charge is 2.17. The predicted molar refractivity (Wildman–Crippen MR) is 61.7 cm³/mol. The van der Waals surface area contributed by atoms with Crippen LogP contribution in [0, 0.1) is 6.92 Å². The Hall–Kier alpha value is -1.78. The topological polar surface area (TPSA) is 59.8 Å². The second kappa shape index (κ2) is 6.08. The third-order valence-corrected chi connectivity index (χ3v) is 2.46. The van der Waals surface area contributed by atoms with Gasteiger partial charge in [-0.3, -0.25) is 9.59 Å². The van der Waals surface area contributed by atoms with Crippen LogP contribution < -0.4 is 0 Å². The lowest BCUT2D eigenvalue weighted by atomic mass is 10.2. The van der Waals surface area contributed by atoms with Gasteiger partial charge in [-0.1, -0.05) is 0 Å². The van der Waals surface area contributed by atoms with E-state index in [1.807, 2.05) is 6.92 Å². The summed E-state index contributed by atoms with van der Waals surface area (Å²) in [5, 5.41) is 0. The van der Waals surface area contributed by atoms with Crippen LogP contribution in [-0.2, 0) is 9.53 Å². The van der Waals surface area contributed by atoms with Crippen LogP contribution in [0.3, 0.4) is 0 Å². The number of esters is 1. The third kappa shape index (κ3) is 3.62. The first-order chi connectivity index (χ1) is 8.08. The molecule has 0 aliphatic rings. The van der Waals surface area contributed by atoms with Gasteiger partial charge >= 0.3 is 5.97 Å². The smallest absolute Gasteiger partial charge is 0.307 e. The molecule has 0 bridgehead atoms. The zero-order chi connectivity index (χ0) is 12.8. The highest BCUT2D eigenvalue weighted by atomic mass is 16.5. The van der Waals surface area contributed by atoms with Gasteiger partial charge in [-0.15, -0.1) is 0 Å². The summed E-state index contributed by atoms with van der Waals surface area (Å²) in [6.45, 7) is 4.54. The molecule has 0 radical (unpaired) electrons. The number of furan rings is 1. The maximum Gasteiger partial charge on any atom is 0.307 e. The summed E-state index contributed by atoms with van der Waals surface area (Å²) in [6, 6.07) is 1.68. The van der Waals surface area contributed by atoms with Gasteiger partial charge in [0.2, 0.25) is 0 Å². The summed E-state index contributed by atoms with van der Waals surface area (Å²) in [4.78, 5) is 24.6. The monoisotopic (exact) mass is 239 g/mol. The van der Waals surface area contributed by atoms with Crippen LogP contribution in [0.4, 0.5) is 0 Å². The van der Waals surface area contributed by atoms with Crippen LogP contribution in [-0.4, -0.2) is 37.0 Å². The SMILES string of the molecule is CCN(CCC(=O)OC)C(=O)c1coc(C)c1. The van der Waals surface area contributed by atoms with Crippen molar-refractivity contribution >= 4 is 11.9 Å². The largest absolute Gasteiger partial charge is 0.469 e. The number of rotatable bonds is 5. The lowest BCUT2D eigenvalue weighted by Crippen LogP contribution is -2.32. The number of aryl methyl sites for hydroxylation is 1. The number of methoxy groups -OCH3 is 1. The van der Waals surface area contributed by atoms with Gasteiger partial charge in [-0.2, -0.15) is 0 Å². The maximum absolute atomic E-state index is 12.0. The van der Waals surface area contributed by atoms with Gasteiger partial charge in [-0.25, -0.2) is 0 Å². The molecule has 0 aliphatic heterocycles. The van der Waals surface area contributed by atoms with E-state index in [2.05, 4.69) is 4.74 Å². The average Bonchev–Trinajstić information content (AvgIpc) is 2.76. The normalized spacial score (nSPS) is 10.1. The molecule has 5 heteroatoms. The van der Waals surface area contributed by atoms with Crippen molar-refractivity contribution in [1.82, 2.24) is 4.90 Å². The maximum atomic E-state index is 12.0. The zero-order valence-corrected chi connectivity index (χ0v) is 10.4. The van der Waals surface area contributed by atoms with E-state index in [0.717, 1.165) is 0 Å². The Morgan fingerprint density at radius 2 is 2.18 bits per heavy atom. The fraction of sp³-hybridized carbons (Fsp3) is 0.500. The fourth-order valence-corrected chi connectivity index (χ4v) is 1.47. The quantitative estimate of drug-likeness (QED) is 0.732. The minimum absolute atomic E-state index is 0.131. The summed E-state index contributed by atoms with van der Waals surface area (Å²) in [6.07, 6.45) is 1.63. The van der Waals surface area contributed by atoms with Crippen molar-refractivity contribution in [3.8, 4) is 0 Å². The van der Waals surface area contributed by atoms with Crippen LogP contribution >= 0.6 is 0 Å². The summed E-state index contributed by atoms with van der Waals surface area (Å²) in [5.74, 6) is 0.241. The molecule has 1 aromatic rings. The molecule has 0 aliphatic carbocycles. The van der Waals surface area contributed by atoms with Crippen molar-refractivity contribution in [1.29, 1.82) is 0 Å². The molecule has 0 N–H and O–H groups in total. The predicted octanol–water partition coefficient (Wildman–Crippen LogP) is 1.61. The summed E-state index contributed by atoms with van der Waals surface area (Å²) < 4.78 is 9.63. The van der Waals surface area contributed by atoms with Crippen LogP contribution in [0.1, 0.15) is 29.5 Å². The molecule has 17 heavy (non-hydrogen) atoms. The van der Waals surface area contributed by atoms with Crippen LogP contribution in [0.2, 0.25) is 0 Å². The Morgan fingerprint density at radius 1 is 1.47 bits per heavy atom. The van der Waals surface area contributed by atoms with Gasteiger partial charge < -0.3 is 14.1 Å². The lowest BCUT2D eigenvalue weighted by molar-refractivity contribution is -0.140. The van der Waals surface area contributed by atoms with Crippen molar-refractivity contribution in [2.24, 2.45) is 0 Å². The Kier molecular flexibility index (Phi) is 4.75. The zero-order valence-electron chi connectivity index (χ0n) is 10.4. The van der Waals surface area contributed by atoms with E-state index in [9.17, 15) is 9.59 Å². The van der Waals surface area contributed by atoms with Crippen LogP contribution in [0.5, 0.6) is 0 Å². The van der Waals surface area contributed by atoms with Gasteiger partial charge in [0, 0.05) is 13.1 Å². The summed E-state index contributed by atoms with van der Waals surface area (Å²) in [7, 11) is 1.33. The van der Waals surface area contributed by atoms with E-state index in [0.29, 0.717) is 24.4 Å². The van der Waals surface area contributed by atoms with Gasteiger partial charge in [0.05, 0.1) is 19.1 Å². The number of amides is 1. The molecule has 5 nitrogen and oxygen atoms in total. The van der Waals surface area contributed by atoms with E-state index in [4.69, 9.17) is 4.42 Å². The molecule has 0 saturated carbocycles. The molecule has 0 aromatic carbocycles. The number of nitrogens with zero attached hydrogens (tertiary/aromatic N) is 1. The molecule has 0 unspecified atom stereocenters.